The molecule has 17 heavy (non-hydrogen) atoms. The van der Waals surface area contributed by atoms with Crippen molar-refractivity contribution in [3.05, 3.63) is 0 Å². The highest BCUT2D eigenvalue weighted by Crippen LogP contribution is 2.26. The number of carbonyl (C=O) groups excluding carboxylic acids is 2. The Balaban J connectivity index is 1.91. The van der Waals surface area contributed by atoms with E-state index >= 15 is 0 Å². The van der Waals surface area contributed by atoms with Crippen LogP contribution in [0, 0.1) is 11.8 Å². The molecule has 0 spiro atoms. The lowest BCUT2D eigenvalue weighted by molar-refractivity contribution is -0.139. The number of piperidine rings is 1. The first kappa shape index (κ1) is 12.7. The Labute approximate surface area is 106 Å². The summed E-state index contributed by atoms with van der Waals surface area (Å²) in [4.78, 5) is 25.3. The summed E-state index contributed by atoms with van der Waals surface area (Å²) in [6, 6.07) is 0. The van der Waals surface area contributed by atoms with Crippen LogP contribution in [0.25, 0.3) is 0 Å². The first-order valence-corrected chi connectivity index (χ1v) is 7.50. The number of likely N-dealkylation sites (tertiary alicyclic amines) is 1. The summed E-state index contributed by atoms with van der Waals surface area (Å²) in [5, 5.41) is 0. The van der Waals surface area contributed by atoms with Gasteiger partial charge in [-0.1, -0.05) is 0 Å². The van der Waals surface area contributed by atoms with E-state index in [0.29, 0.717) is 6.54 Å². The normalized spacial score (nSPS) is 26.8. The third kappa shape index (κ3) is 3.15. The van der Waals surface area contributed by atoms with Crippen LogP contribution in [0.5, 0.6) is 0 Å². The molecule has 96 valence electrons. The smallest absolute Gasteiger partial charge is 0.225 e. The van der Waals surface area contributed by atoms with Gasteiger partial charge in [0.15, 0.2) is 0 Å². The molecule has 2 N–H and O–H groups in total. The number of rotatable bonds is 2. The van der Waals surface area contributed by atoms with Crippen LogP contribution < -0.4 is 5.73 Å². The van der Waals surface area contributed by atoms with E-state index in [4.69, 9.17) is 5.73 Å². The highest BCUT2D eigenvalue weighted by atomic mass is 32.2. The third-order valence-electron chi connectivity index (χ3n) is 3.71. The molecule has 2 amide bonds. The number of primary amides is 1. The molecular formula is C12H20N2O2S. The predicted octanol–water partition coefficient (Wildman–Crippen LogP) is 0.853. The zero-order chi connectivity index (χ0) is 12.3. The van der Waals surface area contributed by atoms with E-state index in [1.165, 1.54) is 0 Å². The number of nitrogens with zero attached hydrogens (tertiary/aromatic N) is 1. The van der Waals surface area contributed by atoms with E-state index in [1.807, 2.05) is 16.7 Å². The molecule has 0 aliphatic carbocycles. The lowest BCUT2D eigenvalue weighted by Crippen LogP contribution is -2.46. The van der Waals surface area contributed by atoms with Crippen LogP contribution in [0.3, 0.4) is 0 Å². The van der Waals surface area contributed by atoms with Crippen molar-refractivity contribution >= 4 is 23.6 Å². The molecule has 5 heteroatoms. The molecule has 4 nitrogen and oxygen atoms in total. The van der Waals surface area contributed by atoms with Gasteiger partial charge in [-0.3, -0.25) is 9.59 Å². The van der Waals surface area contributed by atoms with E-state index in [-0.39, 0.29) is 23.7 Å². The summed E-state index contributed by atoms with van der Waals surface area (Å²) in [6.45, 7) is 1.34. The highest BCUT2D eigenvalue weighted by molar-refractivity contribution is 7.99. The summed E-state index contributed by atoms with van der Waals surface area (Å²) in [5.74, 6) is 2.21. The van der Waals surface area contributed by atoms with Gasteiger partial charge in [0.25, 0.3) is 0 Å². The van der Waals surface area contributed by atoms with Crippen molar-refractivity contribution in [1.29, 1.82) is 0 Å². The van der Waals surface area contributed by atoms with Crippen molar-refractivity contribution in [2.45, 2.75) is 25.7 Å². The number of thioether (sulfide) groups is 1. The molecule has 0 aromatic carbocycles. The molecule has 2 aliphatic rings. The monoisotopic (exact) mass is 256 g/mol. The summed E-state index contributed by atoms with van der Waals surface area (Å²) in [6.07, 6.45) is 3.71. The van der Waals surface area contributed by atoms with Crippen molar-refractivity contribution < 1.29 is 9.59 Å². The molecule has 0 bridgehead atoms. The number of nitrogens with two attached hydrogens (primary N) is 1. The Hall–Kier alpha value is -0.710. The minimum atomic E-state index is -0.262. The van der Waals surface area contributed by atoms with E-state index in [0.717, 1.165) is 43.7 Å². The quantitative estimate of drug-likeness (QED) is 0.797. The summed E-state index contributed by atoms with van der Waals surface area (Å²) < 4.78 is 0. The average Bonchev–Trinajstić information content (AvgIpc) is 2.39. The fourth-order valence-corrected chi connectivity index (χ4v) is 3.72. The first-order chi connectivity index (χ1) is 8.18. The van der Waals surface area contributed by atoms with Crippen molar-refractivity contribution in [3.8, 4) is 0 Å². The molecule has 2 saturated heterocycles. The molecule has 2 aliphatic heterocycles. The molecule has 2 fully saturated rings. The maximum absolute atomic E-state index is 12.3. The van der Waals surface area contributed by atoms with Crippen molar-refractivity contribution in [3.63, 3.8) is 0 Å². The molecule has 0 radical (unpaired) electrons. The summed E-state index contributed by atoms with van der Waals surface area (Å²) in [7, 11) is 0. The SMILES string of the molecule is NC(=O)[C@H]1CCCN(C(=O)C2CCSCC2)C1. The van der Waals surface area contributed by atoms with Gasteiger partial charge in [0.05, 0.1) is 5.92 Å². The van der Waals surface area contributed by atoms with Gasteiger partial charge < -0.3 is 10.6 Å². The third-order valence-corrected chi connectivity index (χ3v) is 4.75. The number of hydrogen-bond donors (Lipinski definition) is 1. The Bertz CT molecular complexity index is 303. The molecule has 2 heterocycles. The second-order valence-electron chi connectivity index (χ2n) is 4.91. The molecule has 0 aromatic rings. The molecular weight excluding hydrogens is 236 g/mol. The van der Waals surface area contributed by atoms with Gasteiger partial charge in [-0.15, -0.1) is 0 Å². The van der Waals surface area contributed by atoms with Crippen LogP contribution in [0.2, 0.25) is 0 Å². The predicted molar refractivity (Wildman–Crippen MR) is 68.5 cm³/mol. The van der Waals surface area contributed by atoms with Crippen molar-refractivity contribution in [2.75, 3.05) is 24.6 Å². The molecule has 2 rings (SSSR count). The van der Waals surface area contributed by atoms with Crippen LogP contribution in [0.4, 0.5) is 0 Å². The van der Waals surface area contributed by atoms with Crippen molar-refractivity contribution in [1.82, 2.24) is 4.90 Å². The van der Waals surface area contributed by atoms with E-state index in [1.54, 1.807) is 0 Å². The van der Waals surface area contributed by atoms with Gasteiger partial charge in [0, 0.05) is 19.0 Å². The highest BCUT2D eigenvalue weighted by Gasteiger charge is 2.31. The second-order valence-corrected chi connectivity index (χ2v) is 6.14. The number of carbonyl (C=O) groups is 2. The van der Waals surface area contributed by atoms with Crippen molar-refractivity contribution in [2.24, 2.45) is 17.6 Å². The Morgan fingerprint density at radius 1 is 1.12 bits per heavy atom. The minimum absolute atomic E-state index is 0.134. The summed E-state index contributed by atoms with van der Waals surface area (Å²) >= 11 is 1.92. The maximum atomic E-state index is 12.3. The van der Waals surface area contributed by atoms with Crippen LogP contribution in [0.1, 0.15) is 25.7 Å². The van der Waals surface area contributed by atoms with Gasteiger partial charge in [0.2, 0.25) is 11.8 Å². The fourth-order valence-electron chi connectivity index (χ4n) is 2.61. The number of hydrogen-bond acceptors (Lipinski definition) is 3. The van der Waals surface area contributed by atoms with Gasteiger partial charge >= 0.3 is 0 Å². The molecule has 0 aromatic heterocycles. The van der Waals surface area contributed by atoms with Gasteiger partial charge in [-0.25, -0.2) is 0 Å². The van der Waals surface area contributed by atoms with Crippen LogP contribution in [-0.4, -0.2) is 41.3 Å². The lowest BCUT2D eigenvalue weighted by atomic mass is 9.94. The Morgan fingerprint density at radius 3 is 2.47 bits per heavy atom. The average molecular weight is 256 g/mol. The Morgan fingerprint density at radius 2 is 1.82 bits per heavy atom. The lowest BCUT2D eigenvalue weighted by Gasteiger charge is -2.34. The largest absolute Gasteiger partial charge is 0.369 e. The summed E-state index contributed by atoms with van der Waals surface area (Å²) in [5.41, 5.74) is 5.33. The van der Waals surface area contributed by atoms with Gasteiger partial charge in [-0.2, -0.15) is 11.8 Å². The first-order valence-electron chi connectivity index (χ1n) is 6.34. The van der Waals surface area contributed by atoms with Crippen LogP contribution >= 0.6 is 11.8 Å². The van der Waals surface area contributed by atoms with Crippen LogP contribution in [0.15, 0.2) is 0 Å². The standard InChI is InChI=1S/C12H20N2O2S/c13-11(15)10-2-1-5-14(8-10)12(16)9-3-6-17-7-4-9/h9-10H,1-8H2,(H2,13,15)/t10-/m0/s1. The molecule has 0 unspecified atom stereocenters. The van der Waals surface area contributed by atoms with Gasteiger partial charge in [-0.05, 0) is 37.2 Å². The Kier molecular flexibility index (Phi) is 4.31. The van der Waals surface area contributed by atoms with E-state index < -0.39 is 0 Å². The molecule has 1 atom stereocenters. The zero-order valence-corrected chi connectivity index (χ0v) is 10.9. The second kappa shape index (κ2) is 5.76. The van der Waals surface area contributed by atoms with Gasteiger partial charge in [0.1, 0.15) is 0 Å². The zero-order valence-electron chi connectivity index (χ0n) is 10.1. The van der Waals surface area contributed by atoms with E-state index in [2.05, 4.69) is 0 Å². The number of amides is 2. The molecule has 0 saturated carbocycles. The fraction of sp³-hybridized carbons (Fsp3) is 0.833. The topological polar surface area (TPSA) is 63.4 Å². The van der Waals surface area contributed by atoms with Crippen LogP contribution in [-0.2, 0) is 9.59 Å². The minimum Gasteiger partial charge on any atom is -0.369 e. The maximum Gasteiger partial charge on any atom is 0.225 e. The van der Waals surface area contributed by atoms with E-state index in [9.17, 15) is 9.59 Å².